The molecule has 9 heteroatoms. The summed E-state index contributed by atoms with van der Waals surface area (Å²) in [7, 11) is 0. The normalized spacial score (nSPS) is 17.8. The van der Waals surface area contributed by atoms with Crippen LogP contribution in [0.1, 0.15) is 42.6 Å². The molecule has 29 heavy (non-hydrogen) atoms. The highest BCUT2D eigenvalue weighted by Gasteiger charge is 2.39. The van der Waals surface area contributed by atoms with Crippen LogP contribution in [0.3, 0.4) is 0 Å². The van der Waals surface area contributed by atoms with Crippen LogP contribution in [-0.4, -0.2) is 40.1 Å². The minimum absolute atomic E-state index is 0.102. The first-order chi connectivity index (χ1) is 13.9. The van der Waals surface area contributed by atoms with Crippen LogP contribution in [-0.2, 0) is 6.18 Å². The molecule has 0 spiro atoms. The summed E-state index contributed by atoms with van der Waals surface area (Å²) in [6.07, 6.45) is -0.0306. The highest BCUT2D eigenvalue weighted by Crippen LogP contribution is 2.37. The highest BCUT2D eigenvalue weighted by molar-refractivity contribution is 5.55. The van der Waals surface area contributed by atoms with Crippen LogP contribution < -0.4 is 9.80 Å². The molecule has 2 aromatic heterocycles. The third-order valence-electron chi connectivity index (χ3n) is 5.44. The first-order valence-electron chi connectivity index (χ1n) is 9.67. The van der Waals surface area contributed by atoms with Crippen molar-refractivity contribution >= 4 is 11.6 Å². The maximum atomic E-state index is 13.1. The Bertz CT molecular complexity index is 927. The van der Waals surface area contributed by atoms with Crippen molar-refractivity contribution in [2.75, 3.05) is 22.9 Å². The van der Waals surface area contributed by atoms with Crippen LogP contribution in [0.5, 0.6) is 0 Å². The van der Waals surface area contributed by atoms with Crippen molar-refractivity contribution < 1.29 is 13.2 Å². The Kier molecular flexibility index (Phi) is 5.03. The third kappa shape index (κ3) is 4.11. The number of pyridine rings is 1. The van der Waals surface area contributed by atoms with Crippen LogP contribution in [0.15, 0.2) is 24.5 Å². The second-order valence-electron chi connectivity index (χ2n) is 7.55. The maximum Gasteiger partial charge on any atom is 0.433 e. The summed E-state index contributed by atoms with van der Waals surface area (Å²) in [5.74, 6) is 1.03. The zero-order valence-corrected chi connectivity index (χ0v) is 16.0. The second kappa shape index (κ2) is 7.50. The fourth-order valence-corrected chi connectivity index (χ4v) is 3.90. The molecular weight excluding hydrogens is 381 g/mol. The summed E-state index contributed by atoms with van der Waals surface area (Å²) >= 11 is 0. The van der Waals surface area contributed by atoms with Crippen molar-refractivity contribution in [2.24, 2.45) is 0 Å². The van der Waals surface area contributed by atoms with Gasteiger partial charge >= 0.3 is 6.18 Å². The Labute approximate surface area is 167 Å². The average Bonchev–Trinajstić information content (AvgIpc) is 3.53. The van der Waals surface area contributed by atoms with Gasteiger partial charge in [0.2, 0.25) is 0 Å². The van der Waals surface area contributed by atoms with E-state index in [0.717, 1.165) is 43.8 Å². The number of aromatic nitrogens is 3. The van der Waals surface area contributed by atoms with Gasteiger partial charge in [-0.1, -0.05) is 0 Å². The Morgan fingerprint density at radius 1 is 1.10 bits per heavy atom. The lowest BCUT2D eigenvalue weighted by atomic mass is 10.0. The zero-order chi connectivity index (χ0) is 20.6. The summed E-state index contributed by atoms with van der Waals surface area (Å²) in [6, 6.07) is 7.17. The van der Waals surface area contributed by atoms with Crippen molar-refractivity contribution in [3.05, 3.63) is 41.5 Å². The number of hydrogen-bond acceptors (Lipinski definition) is 6. The van der Waals surface area contributed by atoms with Gasteiger partial charge in [-0.25, -0.2) is 15.0 Å². The van der Waals surface area contributed by atoms with Gasteiger partial charge in [0.15, 0.2) is 0 Å². The topological polar surface area (TPSA) is 68.9 Å². The number of nitriles is 1. The van der Waals surface area contributed by atoms with E-state index in [1.165, 1.54) is 0 Å². The molecule has 0 N–H and O–H groups in total. The van der Waals surface area contributed by atoms with Crippen LogP contribution in [0.2, 0.25) is 0 Å². The molecule has 6 nitrogen and oxygen atoms in total. The Balaban J connectivity index is 1.53. The van der Waals surface area contributed by atoms with Gasteiger partial charge in [0.05, 0.1) is 5.56 Å². The lowest BCUT2D eigenvalue weighted by Crippen LogP contribution is -2.47. The fraction of sp³-hybridized carbons (Fsp3) is 0.500. The van der Waals surface area contributed by atoms with Gasteiger partial charge in [-0.05, 0) is 44.7 Å². The number of nitrogens with zero attached hydrogens (tertiary/aromatic N) is 6. The van der Waals surface area contributed by atoms with Gasteiger partial charge in [-0.2, -0.15) is 18.4 Å². The lowest BCUT2D eigenvalue weighted by molar-refractivity contribution is -0.141. The monoisotopic (exact) mass is 402 g/mol. The standard InChI is InChI=1S/C20H21F3N6/c1-13-2-3-14(11-24)19(27-13)28-8-6-16(7-9-28)29(15-4-5-15)18-10-17(20(21,22)23)25-12-26-18/h2-3,10,12,15-16H,4-9H2,1H3. The predicted molar refractivity (Wildman–Crippen MR) is 101 cm³/mol. The second-order valence-corrected chi connectivity index (χ2v) is 7.55. The van der Waals surface area contributed by atoms with E-state index < -0.39 is 11.9 Å². The molecule has 4 rings (SSSR count). The van der Waals surface area contributed by atoms with Gasteiger partial charge in [0.1, 0.15) is 29.7 Å². The molecule has 0 radical (unpaired) electrons. The third-order valence-corrected chi connectivity index (χ3v) is 5.44. The smallest absolute Gasteiger partial charge is 0.355 e. The molecular formula is C20H21F3N6. The minimum atomic E-state index is -4.49. The molecule has 152 valence electrons. The van der Waals surface area contributed by atoms with Gasteiger partial charge in [-0.15, -0.1) is 0 Å². The number of halogens is 3. The van der Waals surface area contributed by atoms with Gasteiger partial charge < -0.3 is 9.80 Å². The summed E-state index contributed by atoms with van der Waals surface area (Å²) in [4.78, 5) is 16.2. The Morgan fingerprint density at radius 3 is 2.41 bits per heavy atom. The average molecular weight is 402 g/mol. The van der Waals surface area contributed by atoms with Crippen molar-refractivity contribution in [2.45, 2.75) is 50.9 Å². The minimum Gasteiger partial charge on any atom is -0.355 e. The zero-order valence-electron chi connectivity index (χ0n) is 16.0. The van der Waals surface area contributed by atoms with E-state index in [1.54, 1.807) is 6.07 Å². The molecule has 0 unspecified atom stereocenters. The summed E-state index contributed by atoms with van der Waals surface area (Å²) in [5.41, 5.74) is 0.480. The van der Waals surface area contributed by atoms with Crippen LogP contribution in [0.25, 0.3) is 0 Å². The molecule has 0 atom stereocenters. The van der Waals surface area contributed by atoms with Gasteiger partial charge in [-0.3, -0.25) is 0 Å². The molecule has 0 bridgehead atoms. The number of anilines is 2. The van der Waals surface area contributed by atoms with E-state index in [0.29, 0.717) is 30.3 Å². The number of aryl methyl sites for hydroxylation is 1. The van der Waals surface area contributed by atoms with Crippen molar-refractivity contribution in [3.8, 4) is 6.07 Å². The van der Waals surface area contributed by atoms with Gasteiger partial charge in [0, 0.05) is 36.9 Å². The van der Waals surface area contributed by atoms with Crippen molar-refractivity contribution in [3.63, 3.8) is 0 Å². The molecule has 2 aliphatic rings. The van der Waals surface area contributed by atoms with Crippen molar-refractivity contribution in [1.29, 1.82) is 5.26 Å². The number of rotatable bonds is 4. The summed E-state index contributed by atoms with van der Waals surface area (Å²) < 4.78 is 39.3. The van der Waals surface area contributed by atoms with Crippen molar-refractivity contribution in [1.82, 2.24) is 15.0 Å². The predicted octanol–water partition coefficient (Wildman–Crippen LogP) is 3.71. The van der Waals surface area contributed by atoms with Crippen LogP contribution in [0, 0.1) is 18.3 Å². The number of hydrogen-bond donors (Lipinski definition) is 0. The molecule has 0 aromatic carbocycles. The van der Waals surface area contributed by atoms with Crippen LogP contribution in [0.4, 0.5) is 24.8 Å². The van der Waals surface area contributed by atoms with E-state index in [4.69, 9.17) is 0 Å². The molecule has 1 saturated heterocycles. The summed E-state index contributed by atoms with van der Waals surface area (Å²) in [5, 5.41) is 9.37. The van der Waals surface area contributed by atoms with Gasteiger partial charge in [0.25, 0.3) is 0 Å². The van der Waals surface area contributed by atoms with E-state index in [-0.39, 0.29) is 12.1 Å². The first kappa shape index (κ1) is 19.4. The number of piperidine rings is 1. The molecule has 2 aromatic rings. The largest absolute Gasteiger partial charge is 0.433 e. The van der Waals surface area contributed by atoms with E-state index in [1.807, 2.05) is 17.9 Å². The molecule has 1 aliphatic heterocycles. The Hall–Kier alpha value is -2.89. The highest BCUT2D eigenvalue weighted by atomic mass is 19.4. The fourth-order valence-electron chi connectivity index (χ4n) is 3.90. The quantitative estimate of drug-likeness (QED) is 0.777. The summed E-state index contributed by atoms with van der Waals surface area (Å²) in [6.45, 7) is 3.27. The molecule has 2 fully saturated rings. The Morgan fingerprint density at radius 2 is 1.79 bits per heavy atom. The first-order valence-corrected chi connectivity index (χ1v) is 9.67. The van der Waals surface area contributed by atoms with E-state index in [2.05, 4.69) is 25.9 Å². The number of alkyl halides is 3. The van der Waals surface area contributed by atoms with E-state index >= 15 is 0 Å². The maximum absolute atomic E-state index is 13.1. The molecule has 1 aliphatic carbocycles. The molecule has 1 saturated carbocycles. The lowest BCUT2D eigenvalue weighted by Gasteiger charge is -2.40. The molecule has 0 amide bonds. The van der Waals surface area contributed by atoms with Crippen LogP contribution >= 0.6 is 0 Å². The SMILES string of the molecule is Cc1ccc(C#N)c(N2CCC(N(c3cc(C(F)(F)F)ncn3)C3CC3)CC2)n1. The molecule has 3 heterocycles. The van der Waals surface area contributed by atoms with E-state index in [9.17, 15) is 18.4 Å².